The van der Waals surface area contributed by atoms with Crippen LogP contribution < -0.4 is 5.73 Å². The molecule has 94 valence electrons. The summed E-state index contributed by atoms with van der Waals surface area (Å²) in [5.74, 6) is 0. The molecule has 0 aromatic heterocycles. The zero-order valence-electron chi connectivity index (χ0n) is 11.1. The highest BCUT2D eigenvalue weighted by Crippen LogP contribution is 2.27. The molecule has 2 aromatic carbocycles. The summed E-state index contributed by atoms with van der Waals surface area (Å²) in [5, 5.41) is 10.4. The Morgan fingerprint density at radius 1 is 0.944 bits per heavy atom. The molecular weight excluding hydrogens is 222 g/mol. The number of nitrogen functional groups attached to an aromatic ring is 1. The number of anilines is 1. The van der Waals surface area contributed by atoms with Gasteiger partial charge in [-0.25, -0.2) is 0 Å². The van der Waals surface area contributed by atoms with E-state index in [2.05, 4.69) is 13.0 Å². The van der Waals surface area contributed by atoms with Crippen LogP contribution in [0.4, 0.5) is 5.69 Å². The number of aliphatic hydroxyl groups excluding tert-OH is 1. The summed E-state index contributed by atoms with van der Waals surface area (Å²) in [5.41, 5.74) is 11.7. The zero-order valence-corrected chi connectivity index (χ0v) is 11.1. The van der Waals surface area contributed by atoms with E-state index in [0.29, 0.717) is 0 Å². The zero-order chi connectivity index (χ0) is 13.3. The predicted octanol–water partition coefficient (Wildman–Crippen LogP) is 3.28. The lowest BCUT2D eigenvalue weighted by Gasteiger charge is -2.16. The summed E-state index contributed by atoms with van der Waals surface area (Å²) >= 11 is 0. The minimum absolute atomic E-state index is 0.593. The van der Waals surface area contributed by atoms with Crippen LogP contribution in [-0.4, -0.2) is 5.11 Å². The third-order valence-corrected chi connectivity index (χ3v) is 3.33. The van der Waals surface area contributed by atoms with Gasteiger partial charge >= 0.3 is 0 Å². The average Bonchev–Trinajstić information content (AvgIpc) is 2.32. The fraction of sp³-hybridized carbons (Fsp3) is 0.250. The minimum atomic E-state index is -0.593. The maximum absolute atomic E-state index is 10.4. The highest BCUT2D eigenvalue weighted by molar-refractivity contribution is 5.49. The molecule has 0 heterocycles. The van der Waals surface area contributed by atoms with E-state index in [4.69, 9.17) is 5.73 Å². The number of hydrogen-bond donors (Lipinski definition) is 2. The monoisotopic (exact) mass is 241 g/mol. The van der Waals surface area contributed by atoms with Crippen LogP contribution in [0.3, 0.4) is 0 Å². The van der Waals surface area contributed by atoms with Crippen LogP contribution in [-0.2, 0) is 0 Å². The Hall–Kier alpha value is -1.80. The molecule has 0 spiro atoms. The Balaban J connectivity index is 2.41. The van der Waals surface area contributed by atoms with Gasteiger partial charge in [-0.1, -0.05) is 35.9 Å². The van der Waals surface area contributed by atoms with E-state index in [9.17, 15) is 5.11 Å². The Labute approximate surface area is 108 Å². The molecule has 0 amide bonds. The quantitative estimate of drug-likeness (QED) is 0.793. The largest absolute Gasteiger partial charge is 0.399 e. The smallest absolute Gasteiger partial charge is 0.104 e. The van der Waals surface area contributed by atoms with Crippen molar-refractivity contribution in [3.8, 4) is 0 Å². The van der Waals surface area contributed by atoms with Crippen LogP contribution >= 0.6 is 0 Å². The number of rotatable bonds is 2. The first kappa shape index (κ1) is 12.7. The van der Waals surface area contributed by atoms with Crippen LogP contribution in [0.5, 0.6) is 0 Å². The molecule has 1 atom stereocenters. The van der Waals surface area contributed by atoms with E-state index < -0.39 is 6.10 Å². The lowest BCUT2D eigenvalue weighted by molar-refractivity contribution is 0.219. The standard InChI is InChI=1S/C16H19NO/c1-10-4-6-14(11(2)8-10)16(18)13-5-7-15(17)12(3)9-13/h4-9,16,18H,17H2,1-3H3/t16-/m1/s1. The number of aryl methyl sites for hydroxylation is 3. The second-order valence-corrected chi connectivity index (χ2v) is 4.88. The number of benzene rings is 2. The Bertz CT molecular complexity index is 575. The SMILES string of the molecule is Cc1ccc([C@H](O)c2ccc(N)c(C)c2)c(C)c1. The van der Waals surface area contributed by atoms with Gasteiger partial charge in [0.1, 0.15) is 6.10 Å². The van der Waals surface area contributed by atoms with Crippen LogP contribution in [0.15, 0.2) is 36.4 Å². The van der Waals surface area contributed by atoms with Gasteiger partial charge in [-0.05, 0) is 49.1 Å². The molecule has 0 aliphatic heterocycles. The topological polar surface area (TPSA) is 46.2 Å². The van der Waals surface area contributed by atoms with Gasteiger partial charge in [-0.15, -0.1) is 0 Å². The second-order valence-electron chi connectivity index (χ2n) is 4.88. The molecule has 3 N–H and O–H groups in total. The molecule has 18 heavy (non-hydrogen) atoms. The van der Waals surface area contributed by atoms with Crippen LogP contribution in [0.1, 0.15) is 33.9 Å². The molecule has 0 bridgehead atoms. The van der Waals surface area contributed by atoms with Crippen molar-refractivity contribution in [3.63, 3.8) is 0 Å². The van der Waals surface area contributed by atoms with Crippen LogP contribution in [0.2, 0.25) is 0 Å². The summed E-state index contributed by atoms with van der Waals surface area (Å²) < 4.78 is 0. The van der Waals surface area contributed by atoms with Gasteiger partial charge in [0.15, 0.2) is 0 Å². The molecule has 2 heteroatoms. The molecule has 2 nitrogen and oxygen atoms in total. The minimum Gasteiger partial charge on any atom is -0.399 e. The Morgan fingerprint density at radius 2 is 1.67 bits per heavy atom. The molecule has 0 saturated heterocycles. The van der Waals surface area contributed by atoms with Crippen LogP contribution in [0.25, 0.3) is 0 Å². The lowest BCUT2D eigenvalue weighted by atomic mass is 9.95. The van der Waals surface area contributed by atoms with E-state index in [0.717, 1.165) is 27.9 Å². The van der Waals surface area contributed by atoms with Gasteiger partial charge in [0.25, 0.3) is 0 Å². The summed E-state index contributed by atoms with van der Waals surface area (Å²) in [6.45, 7) is 6.03. The van der Waals surface area contributed by atoms with E-state index in [1.807, 2.05) is 44.2 Å². The van der Waals surface area contributed by atoms with E-state index in [1.165, 1.54) is 5.56 Å². The molecule has 0 radical (unpaired) electrons. The highest BCUT2D eigenvalue weighted by Gasteiger charge is 2.13. The van der Waals surface area contributed by atoms with E-state index >= 15 is 0 Å². The predicted molar refractivity (Wildman–Crippen MR) is 75.6 cm³/mol. The van der Waals surface area contributed by atoms with E-state index in [1.54, 1.807) is 0 Å². The molecule has 0 aliphatic carbocycles. The van der Waals surface area contributed by atoms with Gasteiger partial charge in [-0.2, -0.15) is 0 Å². The maximum Gasteiger partial charge on any atom is 0.104 e. The van der Waals surface area contributed by atoms with Crippen molar-refractivity contribution in [1.29, 1.82) is 0 Å². The van der Waals surface area contributed by atoms with Crippen molar-refractivity contribution in [2.24, 2.45) is 0 Å². The first-order chi connectivity index (χ1) is 8.49. The molecule has 0 saturated carbocycles. The third kappa shape index (κ3) is 2.39. The fourth-order valence-electron chi connectivity index (χ4n) is 2.18. The van der Waals surface area contributed by atoms with Crippen molar-refractivity contribution in [3.05, 3.63) is 64.2 Å². The molecule has 0 unspecified atom stereocenters. The van der Waals surface area contributed by atoms with Gasteiger partial charge in [0, 0.05) is 5.69 Å². The Kier molecular flexibility index (Phi) is 3.39. The van der Waals surface area contributed by atoms with Gasteiger partial charge in [0.05, 0.1) is 0 Å². The number of hydrogen-bond acceptors (Lipinski definition) is 2. The van der Waals surface area contributed by atoms with Crippen molar-refractivity contribution in [2.45, 2.75) is 26.9 Å². The third-order valence-electron chi connectivity index (χ3n) is 3.33. The number of nitrogens with two attached hydrogens (primary N) is 1. The molecule has 0 aliphatic rings. The van der Waals surface area contributed by atoms with Crippen molar-refractivity contribution >= 4 is 5.69 Å². The summed E-state index contributed by atoms with van der Waals surface area (Å²) in [6, 6.07) is 11.8. The average molecular weight is 241 g/mol. The summed E-state index contributed by atoms with van der Waals surface area (Å²) in [4.78, 5) is 0. The second kappa shape index (κ2) is 4.83. The Morgan fingerprint density at radius 3 is 2.28 bits per heavy atom. The van der Waals surface area contributed by atoms with Gasteiger partial charge in [0.2, 0.25) is 0 Å². The van der Waals surface area contributed by atoms with Crippen molar-refractivity contribution < 1.29 is 5.11 Å². The van der Waals surface area contributed by atoms with Crippen LogP contribution in [0, 0.1) is 20.8 Å². The van der Waals surface area contributed by atoms with Crippen molar-refractivity contribution in [1.82, 2.24) is 0 Å². The first-order valence-corrected chi connectivity index (χ1v) is 6.10. The molecule has 0 fully saturated rings. The normalized spacial score (nSPS) is 12.4. The first-order valence-electron chi connectivity index (χ1n) is 6.10. The van der Waals surface area contributed by atoms with Gasteiger partial charge in [-0.3, -0.25) is 0 Å². The molecule has 2 rings (SSSR count). The molecular formula is C16H19NO. The van der Waals surface area contributed by atoms with E-state index in [-0.39, 0.29) is 0 Å². The summed E-state index contributed by atoms with van der Waals surface area (Å²) in [7, 11) is 0. The fourth-order valence-corrected chi connectivity index (χ4v) is 2.18. The summed E-state index contributed by atoms with van der Waals surface area (Å²) in [6.07, 6.45) is -0.593. The van der Waals surface area contributed by atoms with Gasteiger partial charge < -0.3 is 10.8 Å². The maximum atomic E-state index is 10.4. The van der Waals surface area contributed by atoms with Crippen molar-refractivity contribution in [2.75, 3.05) is 5.73 Å². The molecule has 2 aromatic rings. The number of aliphatic hydroxyl groups is 1. The highest BCUT2D eigenvalue weighted by atomic mass is 16.3. The lowest BCUT2D eigenvalue weighted by Crippen LogP contribution is -2.03.